The van der Waals surface area contributed by atoms with E-state index in [4.69, 9.17) is 19.7 Å². The molecule has 0 saturated heterocycles. The highest BCUT2D eigenvalue weighted by atomic mass is 19.1. The Labute approximate surface area is 219 Å². The number of fused-ring (bicyclic) bond motifs is 1. The van der Waals surface area contributed by atoms with Crippen molar-refractivity contribution in [3.63, 3.8) is 0 Å². The van der Waals surface area contributed by atoms with Crippen LogP contribution >= 0.6 is 0 Å². The number of halogens is 2. The van der Waals surface area contributed by atoms with Gasteiger partial charge in [-0.05, 0) is 53.6 Å². The minimum absolute atomic E-state index is 0.00745. The van der Waals surface area contributed by atoms with Crippen LogP contribution in [0.15, 0.2) is 84.9 Å². The lowest BCUT2D eigenvalue weighted by molar-refractivity contribution is 0.187. The third-order valence-electron chi connectivity index (χ3n) is 6.37. The summed E-state index contributed by atoms with van der Waals surface area (Å²) in [5.74, 6) is 0.484. The van der Waals surface area contributed by atoms with E-state index in [9.17, 15) is 4.39 Å². The number of para-hydroxylation sites is 2. The molecule has 7 heteroatoms. The van der Waals surface area contributed by atoms with E-state index in [-0.39, 0.29) is 18.0 Å². The molecule has 5 nitrogen and oxygen atoms in total. The predicted octanol–water partition coefficient (Wildman–Crippen LogP) is 6.67. The van der Waals surface area contributed by atoms with E-state index >= 15 is 4.39 Å². The summed E-state index contributed by atoms with van der Waals surface area (Å²) in [4.78, 5) is 4.77. The van der Waals surface area contributed by atoms with E-state index in [1.54, 1.807) is 43.5 Å². The van der Waals surface area contributed by atoms with Crippen LogP contribution in [0.1, 0.15) is 22.5 Å². The number of aromatic nitrogens is 2. The van der Waals surface area contributed by atoms with Crippen LogP contribution in [-0.2, 0) is 24.3 Å². The second-order valence-corrected chi connectivity index (χ2v) is 8.89. The first kappa shape index (κ1) is 25.1. The summed E-state index contributed by atoms with van der Waals surface area (Å²) in [5.41, 5.74) is 4.41. The Morgan fingerprint density at radius 1 is 0.921 bits per heavy atom. The quantitative estimate of drug-likeness (QED) is 0.223. The molecule has 0 fully saturated rings. The minimum Gasteiger partial charge on any atom is -0.489 e. The van der Waals surface area contributed by atoms with E-state index < -0.39 is 5.82 Å². The Morgan fingerprint density at radius 3 is 2.58 bits per heavy atom. The molecule has 0 aliphatic carbocycles. The van der Waals surface area contributed by atoms with Gasteiger partial charge in [0.25, 0.3) is 0 Å². The largest absolute Gasteiger partial charge is 0.489 e. The number of methoxy groups -OCH3 is 1. The van der Waals surface area contributed by atoms with Gasteiger partial charge in [0, 0.05) is 31.2 Å². The molecule has 5 aromatic rings. The Balaban J connectivity index is 1.34. The van der Waals surface area contributed by atoms with E-state index in [0.717, 1.165) is 22.4 Å². The lowest BCUT2D eigenvalue weighted by atomic mass is 10.0. The number of imidazole rings is 1. The average molecular weight is 510 g/mol. The molecule has 0 spiro atoms. The lowest BCUT2D eigenvalue weighted by Crippen LogP contribution is -2.09. The van der Waals surface area contributed by atoms with Crippen molar-refractivity contribution < 1.29 is 18.3 Å². The molecule has 0 amide bonds. The number of benzene rings is 4. The van der Waals surface area contributed by atoms with Crippen molar-refractivity contribution in [3.05, 3.63) is 119 Å². The number of ether oxygens (including phenoxy) is 2. The molecule has 0 bridgehead atoms. The molecule has 0 atom stereocenters. The van der Waals surface area contributed by atoms with Crippen LogP contribution in [0.25, 0.3) is 22.2 Å². The third-order valence-corrected chi connectivity index (χ3v) is 6.37. The summed E-state index contributed by atoms with van der Waals surface area (Å²) >= 11 is 0. The second-order valence-electron chi connectivity index (χ2n) is 8.89. The number of nitrogens with zero attached hydrogens (tertiary/aromatic N) is 3. The molecule has 38 heavy (non-hydrogen) atoms. The fourth-order valence-electron chi connectivity index (χ4n) is 4.43. The van der Waals surface area contributed by atoms with E-state index in [0.29, 0.717) is 42.0 Å². The van der Waals surface area contributed by atoms with Gasteiger partial charge in [0.15, 0.2) is 0 Å². The van der Waals surface area contributed by atoms with Crippen LogP contribution in [0.4, 0.5) is 8.78 Å². The van der Waals surface area contributed by atoms with Gasteiger partial charge in [-0.15, -0.1) is 0 Å². The molecule has 0 N–H and O–H groups in total. The molecule has 0 radical (unpaired) electrons. The fourth-order valence-corrected chi connectivity index (χ4v) is 4.43. The zero-order chi connectivity index (χ0) is 26.5. The molecule has 1 aromatic heterocycles. The van der Waals surface area contributed by atoms with Crippen molar-refractivity contribution in [1.82, 2.24) is 9.55 Å². The van der Waals surface area contributed by atoms with Crippen LogP contribution in [-0.4, -0.2) is 23.3 Å². The predicted molar refractivity (Wildman–Crippen MR) is 142 cm³/mol. The zero-order valence-corrected chi connectivity index (χ0v) is 20.8. The molecule has 4 aromatic carbocycles. The van der Waals surface area contributed by atoms with E-state index in [1.165, 1.54) is 18.2 Å². The monoisotopic (exact) mass is 509 g/mol. The normalized spacial score (nSPS) is 11.0. The van der Waals surface area contributed by atoms with Crippen molar-refractivity contribution in [2.24, 2.45) is 0 Å². The van der Waals surface area contributed by atoms with Gasteiger partial charge in [-0.3, -0.25) is 0 Å². The molecule has 0 aliphatic rings. The Kier molecular flexibility index (Phi) is 7.43. The highest BCUT2D eigenvalue weighted by Gasteiger charge is 2.13. The van der Waals surface area contributed by atoms with Crippen molar-refractivity contribution >= 4 is 11.0 Å². The van der Waals surface area contributed by atoms with Gasteiger partial charge >= 0.3 is 0 Å². The number of hydrogen-bond acceptors (Lipinski definition) is 4. The van der Waals surface area contributed by atoms with Crippen molar-refractivity contribution in [2.75, 3.05) is 13.7 Å². The van der Waals surface area contributed by atoms with E-state index in [1.807, 2.05) is 36.4 Å². The maximum Gasteiger partial charge on any atom is 0.131 e. The van der Waals surface area contributed by atoms with Gasteiger partial charge in [-0.25, -0.2) is 13.8 Å². The number of rotatable bonds is 9. The van der Waals surface area contributed by atoms with Crippen LogP contribution in [0.5, 0.6) is 5.75 Å². The van der Waals surface area contributed by atoms with Gasteiger partial charge in [0.1, 0.15) is 29.8 Å². The molecule has 5 rings (SSSR count). The van der Waals surface area contributed by atoms with Gasteiger partial charge in [0.2, 0.25) is 0 Å². The van der Waals surface area contributed by atoms with Crippen LogP contribution in [0, 0.1) is 23.0 Å². The summed E-state index contributed by atoms with van der Waals surface area (Å²) in [6, 6.07) is 26.3. The molecule has 0 saturated carbocycles. The number of hydrogen-bond donors (Lipinski definition) is 0. The molecule has 0 unspecified atom stereocenters. The average Bonchev–Trinajstić information content (AvgIpc) is 3.28. The Bertz CT molecular complexity index is 1640. The van der Waals surface area contributed by atoms with Crippen LogP contribution in [0.3, 0.4) is 0 Å². The maximum absolute atomic E-state index is 15.3. The summed E-state index contributed by atoms with van der Waals surface area (Å²) < 4.78 is 42.6. The zero-order valence-electron chi connectivity index (χ0n) is 20.8. The van der Waals surface area contributed by atoms with Gasteiger partial charge < -0.3 is 14.0 Å². The molecule has 1 heterocycles. The smallest absolute Gasteiger partial charge is 0.131 e. The maximum atomic E-state index is 15.3. The fraction of sp³-hybridized carbons (Fsp3) is 0.161. The molecular formula is C31H25F2N3O2. The lowest BCUT2D eigenvalue weighted by Gasteiger charge is -2.11. The third kappa shape index (κ3) is 5.41. The molecule has 0 aliphatic heterocycles. The Morgan fingerprint density at radius 2 is 1.79 bits per heavy atom. The SMILES string of the molecule is COCCn1c(Cc2ccc(-c3cccc(OCc4ccc(C#N)cc4F)c3)c(F)c2)nc2ccccc21. The number of nitriles is 1. The van der Waals surface area contributed by atoms with Gasteiger partial charge in [0.05, 0.1) is 29.3 Å². The Hall–Kier alpha value is -4.54. The highest BCUT2D eigenvalue weighted by molar-refractivity contribution is 5.76. The first-order valence-corrected chi connectivity index (χ1v) is 12.2. The van der Waals surface area contributed by atoms with Crippen LogP contribution in [0.2, 0.25) is 0 Å². The summed E-state index contributed by atoms with van der Waals surface area (Å²) in [7, 11) is 1.66. The van der Waals surface area contributed by atoms with Crippen molar-refractivity contribution in [3.8, 4) is 22.9 Å². The van der Waals surface area contributed by atoms with Crippen LogP contribution < -0.4 is 4.74 Å². The van der Waals surface area contributed by atoms with Crippen molar-refractivity contribution in [2.45, 2.75) is 19.6 Å². The first-order valence-electron chi connectivity index (χ1n) is 12.2. The first-order chi connectivity index (χ1) is 18.6. The summed E-state index contributed by atoms with van der Waals surface area (Å²) in [6.07, 6.45) is 0.481. The van der Waals surface area contributed by atoms with E-state index in [2.05, 4.69) is 4.57 Å². The topological polar surface area (TPSA) is 60.1 Å². The summed E-state index contributed by atoms with van der Waals surface area (Å²) in [5, 5.41) is 8.90. The highest BCUT2D eigenvalue weighted by Crippen LogP contribution is 2.28. The molecule has 190 valence electrons. The second kappa shape index (κ2) is 11.2. The van der Waals surface area contributed by atoms with Gasteiger partial charge in [-0.2, -0.15) is 5.26 Å². The summed E-state index contributed by atoms with van der Waals surface area (Å²) in [6.45, 7) is 1.20. The molecular weight excluding hydrogens is 484 g/mol. The minimum atomic E-state index is -0.502. The standard InChI is InChI=1S/C31H25F2N3O2/c1-37-14-13-36-30-8-3-2-7-29(30)35-31(36)17-21-10-12-26(28(33)15-21)23-5-4-6-25(18-23)38-20-24-11-9-22(19-34)16-27(24)32/h2-12,15-16,18H,13-14,17,20H2,1H3. The van der Waals surface area contributed by atoms with Crippen molar-refractivity contribution in [1.29, 1.82) is 5.26 Å². The van der Waals surface area contributed by atoms with Gasteiger partial charge in [-0.1, -0.05) is 42.5 Å².